The van der Waals surface area contributed by atoms with Gasteiger partial charge in [-0.3, -0.25) is 4.79 Å². The van der Waals surface area contributed by atoms with Crippen LogP contribution in [0.2, 0.25) is 0 Å². The fourth-order valence-corrected chi connectivity index (χ4v) is 11.5. The molecule has 3 saturated heterocycles. The fourth-order valence-electron chi connectivity index (χ4n) is 11.5. The molecule has 17 atom stereocenters. The number of hydrogen-bond acceptors (Lipinski definition) is 18. The van der Waals surface area contributed by atoms with Gasteiger partial charge in [0.05, 0.1) is 38.6 Å². The molecule has 0 aromatic carbocycles. The van der Waals surface area contributed by atoms with Crippen LogP contribution in [0.5, 0.6) is 0 Å². The van der Waals surface area contributed by atoms with E-state index in [0.717, 1.165) is 83.5 Å². The molecule has 19 heteroatoms. The molecule has 0 aliphatic carbocycles. The monoisotopic (exact) mass is 1250 g/mol. The first-order valence-corrected chi connectivity index (χ1v) is 34.5. The molecule has 19 nitrogen and oxygen atoms in total. The van der Waals surface area contributed by atoms with Crippen LogP contribution in [0.4, 0.5) is 0 Å². The van der Waals surface area contributed by atoms with Crippen LogP contribution in [0.3, 0.4) is 0 Å². The van der Waals surface area contributed by atoms with Gasteiger partial charge in [0.15, 0.2) is 18.9 Å². The second-order valence-electron chi connectivity index (χ2n) is 24.6. The highest BCUT2D eigenvalue weighted by Gasteiger charge is 2.53. The standard InChI is InChI=1S/C69H123NO18/c1-3-5-7-9-11-13-15-17-19-21-23-25-26-27-29-31-33-35-37-39-41-43-45-47-57(75)70-52(53(74)46-44-42-40-38-36-34-32-30-28-24-22-20-18-16-14-12-10-8-6-4-2)51-83-67-63(81)60(78)65(55(49-72)85-67)88-69-64(82)61(79)66(56(50-73)86-69)87-68-62(80)59(77)58(76)54(48-71)84-68/h5,7,11,13,17,19,23,25,44,46,52-56,58-69,71-74,76-82H,3-4,6,8-10,12,14-16,18,20-22,24,26-43,45,47-51H2,1-2H3,(H,70,75)/b7-5-,13-11-,19-17-,25-23-,46-44+. The third-order valence-corrected chi connectivity index (χ3v) is 17.1. The molecule has 3 aliphatic heterocycles. The lowest BCUT2D eigenvalue weighted by atomic mass is 9.96. The number of carbonyl (C=O) groups is 1. The van der Waals surface area contributed by atoms with Crippen molar-refractivity contribution in [3.8, 4) is 0 Å². The van der Waals surface area contributed by atoms with Crippen LogP contribution >= 0.6 is 0 Å². The average Bonchev–Trinajstić information content (AvgIpc) is 3.71. The summed E-state index contributed by atoms with van der Waals surface area (Å²) >= 11 is 0. The van der Waals surface area contributed by atoms with Gasteiger partial charge in [0.2, 0.25) is 5.91 Å². The van der Waals surface area contributed by atoms with E-state index in [9.17, 15) is 61.0 Å². The molecule has 0 saturated carbocycles. The third-order valence-electron chi connectivity index (χ3n) is 17.1. The smallest absolute Gasteiger partial charge is 0.220 e. The Morgan fingerprint density at radius 1 is 0.420 bits per heavy atom. The normalized spacial score (nSPS) is 28.8. The Hall–Kier alpha value is -2.51. The van der Waals surface area contributed by atoms with Crippen molar-refractivity contribution >= 4 is 5.91 Å². The van der Waals surface area contributed by atoms with Crippen LogP contribution < -0.4 is 5.32 Å². The molecule has 1 amide bonds. The lowest BCUT2D eigenvalue weighted by Crippen LogP contribution is -2.66. The van der Waals surface area contributed by atoms with Gasteiger partial charge in [-0.1, -0.05) is 235 Å². The van der Waals surface area contributed by atoms with Crippen molar-refractivity contribution in [2.45, 2.75) is 343 Å². The number of nitrogens with one attached hydrogen (secondary N) is 1. The maximum atomic E-state index is 13.4. The zero-order valence-corrected chi connectivity index (χ0v) is 53.9. The van der Waals surface area contributed by atoms with Crippen LogP contribution in [-0.2, 0) is 33.2 Å². The first-order valence-electron chi connectivity index (χ1n) is 34.5. The first-order chi connectivity index (χ1) is 42.8. The van der Waals surface area contributed by atoms with Gasteiger partial charge < -0.3 is 89.9 Å². The van der Waals surface area contributed by atoms with Crippen molar-refractivity contribution in [2.24, 2.45) is 0 Å². The molecule has 12 N–H and O–H groups in total. The van der Waals surface area contributed by atoms with E-state index < -0.39 is 124 Å². The zero-order chi connectivity index (χ0) is 64.0. The number of unbranched alkanes of at least 4 members (excludes halogenated alkanes) is 28. The van der Waals surface area contributed by atoms with E-state index >= 15 is 0 Å². The maximum Gasteiger partial charge on any atom is 0.220 e. The lowest BCUT2D eigenvalue weighted by molar-refractivity contribution is -0.379. The van der Waals surface area contributed by atoms with Crippen LogP contribution in [0.1, 0.15) is 239 Å². The Morgan fingerprint density at radius 3 is 1.23 bits per heavy atom. The molecular weight excluding hydrogens is 1130 g/mol. The molecule has 0 aromatic rings. The van der Waals surface area contributed by atoms with Gasteiger partial charge in [0.25, 0.3) is 0 Å². The third kappa shape index (κ3) is 32.9. The van der Waals surface area contributed by atoms with Gasteiger partial charge in [0.1, 0.15) is 73.2 Å². The Balaban J connectivity index is 1.45. The topological polar surface area (TPSA) is 307 Å². The second kappa shape index (κ2) is 51.0. The highest BCUT2D eigenvalue weighted by molar-refractivity contribution is 5.76. The zero-order valence-electron chi connectivity index (χ0n) is 53.9. The van der Waals surface area contributed by atoms with Crippen molar-refractivity contribution in [2.75, 3.05) is 26.4 Å². The highest BCUT2D eigenvalue weighted by Crippen LogP contribution is 2.33. The van der Waals surface area contributed by atoms with Crippen LogP contribution in [0.25, 0.3) is 0 Å². The van der Waals surface area contributed by atoms with Crippen molar-refractivity contribution in [3.63, 3.8) is 0 Å². The van der Waals surface area contributed by atoms with Gasteiger partial charge >= 0.3 is 0 Å². The van der Waals surface area contributed by atoms with E-state index in [1.165, 1.54) is 128 Å². The molecule has 0 aromatic heterocycles. The molecule has 3 heterocycles. The number of rotatable bonds is 52. The Labute approximate surface area is 528 Å². The largest absolute Gasteiger partial charge is 0.394 e. The average molecular weight is 1250 g/mol. The molecule has 3 rings (SSSR count). The summed E-state index contributed by atoms with van der Waals surface area (Å²) in [4.78, 5) is 13.4. The SMILES string of the molecule is CC/C=C\C/C=C\C/C=C\C/C=C\CCCCCCCCCCCCC(=O)NC(COC1OC(CO)C(OC2OC(CO)C(OC3OC(CO)C(O)C(O)C3O)C(O)C2O)C(O)C1O)C(O)/C=C/CCCCCCCCCCCCCCCCCCCC. The molecule has 88 heavy (non-hydrogen) atoms. The number of hydrogen-bond donors (Lipinski definition) is 12. The van der Waals surface area contributed by atoms with E-state index in [2.05, 4.69) is 67.8 Å². The minimum absolute atomic E-state index is 0.236. The quantitative estimate of drug-likeness (QED) is 0.0200. The summed E-state index contributed by atoms with van der Waals surface area (Å²) in [5, 5.41) is 121. The summed E-state index contributed by atoms with van der Waals surface area (Å²) < 4.78 is 34.4. The lowest BCUT2D eigenvalue weighted by Gasteiger charge is -2.48. The number of amides is 1. The molecule has 0 spiro atoms. The minimum Gasteiger partial charge on any atom is -0.394 e. The summed E-state index contributed by atoms with van der Waals surface area (Å²) in [6.07, 6.45) is 34.7. The predicted molar refractivity (Wildman–Crippen MR) is 342 cm³/mol. The van der Waals surface area contributed by atoms with E-state index in [1.807, 2.05) is 6.08 Å². The number of ether oxygens (including phenoxy) is 6. The van der Waals surface area contributed by atoms with E-state index in [1.54, 1.807) is 6.08 Å². The molecule has 3 aliphatic rings. The van der Waals surface area contributed by atoms with Gasteiger partial charge in [0, 0.05) is 6.42 Å². The summed E-state index contributed by atoms with van der Waals surface area (Å²) in [6, 6.07) is -0.978. The molecule has 0 bridgehead atoms. The molecule has 17 unspecified atom stereocenters. The number of aliphatic hydroxyl groups is 11. The summed E-state index contributed by atoms with van der Waals surface area (Å²) in [6.45, 7) is 1.63. The van der Waals surface area contributed by atoms with Gasteiger partial charge in [-0.15, -0.1) is 0 Å². The Morgan fingerprint density at radius 2 is 0.784 bits per heavy atom. The van der Waals surface area contributed by atoms with Crippen molar-refractivity contribution in [1.82, 2.24) is 5.32 Å². The molecular formula is C69H123NO18. The van der Waals surface area contributed by atoms with Crippen LogP contribution in [-0.4, -0.2) is 193 Å². The van der Waals surface area contributed by atoms with Gasteiger partial charge in [-0.25, -0.2) is 0 Å². The molecule has 512 valence electrons. The predicted octanol–water partition coefficient (Wildman–Crippen LogP) is 8.77. The van der Waals surface area contributed by atoms with Crippen LogP contribution in [0, 0.1) is 0 Å². The van der Waals surface area contributed by atoms with Crippen molar-refractivity contribution in [3.05, 3.63) is 60.8 Å². The van der Waals surface area contributed by atoms with E-state index in [0.29, 0.717) is 6.42 Å². The molecule has 0 radical (unpaired) electrons. The summed E-state index contributed by atoms with van der Waals surface area (Å²) in [5.74, 6) is -0.281. The number of aliphatic hydroxyl groups excluding tert-OH is 11. The van der Waals surface area contributed by atoms with E-state index in [-0.39, 0.29) is 18.9 Å². The second-order valence-corrected chi connectivity index (χ2v) is 24.6. The van der Waals surface area contributed by atoms with E-state index in [4.69, 9.17) is 28.4 Å². The molecule has 3 fully saturated rings. The first kappa shape index (κ1) is 79.7. The maximum absolute atomic E-state index is 13.4. The Kier molecular flexibility index (Phi) is 46.2. The van der Waals surface area contributed by atoms with Gasteiger partial charge in [-0.2, -0.15) is 0 Å². The number of carbonyl (C=O) groups excluding carboxylic acids is 1. The van der Waals surface area contributed by atoms with Crippen molar-refractivity contribution < 1.29 is 89.4 Å². The van der Waals surface area contributed by atoms with Gasteiger partial charge in [-0.05, 0) is 57.8 Å². The Bertz CT molecular complexity index is 1830. The fraction of sp³-hybridized carbons (Fsp3) is 0.841. The summed E-state index contributed by atoms with van der Waals surface area (Å²) in [5.41, 5.74) is 0. The highest BCUT2D eigenvalue weighted by atomic mass is 16.8. The minimum atomic E-state index is -1.98. The van der Waals surface area contributed by atoms with Crippen molar-refractivity contribution in [1.29, 1.82) is 0 Å². The number of allylic oxidation sites excluding steroid dienone is 9. The van der Waals surface area contributed by atoms with Crippen LogP contribution in [0.15, 0.2) is 60.8 Å². The summed E-state index contributed by atoms with van der Waals surface area (Å²) in [7, 11) is 0.